The van der Waals surface area contributed by atoms with Crippen LogP contribution in [0.3, 0.4) is 0 Å². The maximum Gasteiger partial charge on any atom is 0.330 e. The Labute approximate surface area is 90.1 Å². The number of rotatable bonds is 5. The molecule has 0 bridgehead atoms. The van der Waals surface area contributed by atoms with Crippen LogP contribution in [-0.4, -0.2) is 36.4 Å². The molecule has 0 radical (unpaired) electrons. The number of carbonyl (C=O) groups is 1. The van der Waals surface area contributed by atoms with Gasteiger partial charge in [-0.3, -0.25) is 0 Å². The molecular weight excluding hydrogens is 198 g/mol. The predicted octanol–water partition coefficient (Wildman–Crippen LogP) is 0.396. The number of nitrogens with one attached hydrogen (secondary N) is 1. The summed E-state index contributed by atoms with van der Waals surface area (Å²) in [5.74, 6) is -0.330. The first kappa shape index (κ1) is 13.8. The van der Waals surface area contributed by atoms with E-state index in [1.807, 2.05) is 20.8 Å². The zero-order valence-corrected chi connectivity index (χ0v) is 9.66. The molecule has 1 atom stereocenters. The Morgan fingerprint density at radius 2 is 2.07 bits per heavy atom. The topological polar surface area (TPSA) is 67.8 Å². The lowest BCUT2D eigenvalue weighted by Crippen LogP contribution is -2.41. The van der Waals surface area contributed by atoms with Crippen LogP contribution in [0.5, 0.6) is 0 Å². The van der Waals surface area contributed by atoms with Crippen LogP contribution in [0.2, 0.25) is 0 Å². The van der Waals surface area contributed by atoms with Crippen molar-refractivity contribution >= 4 is 5.97 Å². The number of hydrogen-bond donors (Lipinski definition) is 2. The highest BCUT2D eigenvalue weighted by molar-refractivity contribution is 5.75. The average Bonchev–Trinajstić information content (AvgIpc) is 2.10. The third-order valence-corrected chi connectivity index (χ3v) is 1.43. The summed E-state index contributed by atoms with van der Waals surface area (Å²) in [6.45, 7) is 8.78. The lowest BCUT2D eigenvalue weighted by atomic mass is 10.2. The third-order valence-electron chi connectivity index (χ3n) is 1.43. The summed E-state index contributed by atoms with van der Waals surface area (Å²) in [7, 11) is 1.25. The Kier molecular flexibility index (Phi) is 5.14. The molecular formula is C10H19NO4. The van der Waals surface area contributed by atoms with Crippen LogP contribution in [0, 0.1) is 0 Å². The maximum atomic E-state index is 11.1. The van der Waals surface area contributed by atoms with E-state index in [-0.39, 0.29) is 12.5 Å². The standard InChI is InChI=1S/C10H19NO4/c1-7(15-10(2,3)4)11-8(6-12)9(13)14-5/h8,11-12H,1,6H2,2-5H3. The summed E-state index contributed by atoms with van der Waals surface area (Å²) >= 11 is 0. The molecule has 0 rings (SSSR count). The highest BCUT2D eigenvalue weighted by Gasteiger charge is 2.20. The molecule has 5 heteroatoms. The Morgan fingerprint density at radius 1 is 1.53 bits per heavy atom. The van der Waals surface area contributed by atoms with Crippen LogP contribution in [0.25, 0.3) is 0 Å². The van der Waals surface area contributed by atoms with Gasteiger partial charge in [0, 0.05) is 0 Å². The monoisotopic (exact) mass is 217 g/mol. The molecule has 2 N–H and O–H groups in total. The van der Waals surface area contributed by atoms with Gasteiger partial charge in [0.15, 0.2) is 11.9 Å². The van der Waals surface area contributed by atoms with Gasteiger partial charge in [0.2, 0.25) is 0 Å². The lowest BCUT2D eigenvalue weighted by Gasteiger charge is -2.25. The van der Waals surface area contributed by atoms with Gasteiger partial charge in [-0.1, -0.05) is 0 Å². The highest BCUT2D eigenvalue weighted by atomic mass is 16.5. The van der Waals surface area contributed by atoms with Crippen molar-refractivity contribution in [3.05, 3.63) is 12.5 Å². The number of esters is 1. The van der Waals surface area contributed by atoms with Gasteiger partial charge in [-0.2, -0.15) is 0 Å². The Hall–Kier alpha value is -1.23. The Bertz CT molecular complexity index is 232. The summed E-state index contributed by atoms with van der Waals surface area (Å²) in [6.07, 6.45) is 0. The molecule has 0 saturated carbocycles. The molecule has 5 nitrogen and oxygen atoms in total. The van der Waals surface area contributed by atoms with Gasteiger partial charge >= 0.3 is 5.97 Å². The van der Waals surface area contributed by atoms with E-state index in [4.69, 9.17) is 9.84 Å². The van der Waals surface area contributed by atoms with Crippen LogP contribution in [0.1, 0.15) is 20.8 Å². The first-order valence-corrected chi connectivity index (χ1v) is 4.63. The summed E-state index contributed by atoms with van der Waals surface area (Å²) in [5, 5.41) is 11.5. The van der Waals surface area contributed by atoms with Crippen molar-refractivity contribution in [3.8, 4) is 0 Å². The Balaban J connectivity index is 4.20. The van der Waals surface area contributed by atoms with Crippen LogP contribution in [0.15, 0.2) is 12.5 Å². The first-order chi connectivity index (χ1) is 6.80. The van der Waals surface area contributed by atoms with Crippen molar-refractivity contribution in [3.63, 3.8) is 0 Å². The lowest BCUT2D eigenvalue weighted by molar-refractivity contribution is -0.144. The minimum Gasteiger partial charge on any atom is -0.474 e. The second-order valence-electron chi connectivity index (χ2n) is 4.04. The third kappa shape index (κ3) is 5.96. The minimum atomic E-state index is -0.843. The second kappa shape index (κ2) is 5.60. The molecule has 0 aromatic heterocycles. The smallest absolute Gasteiger partial charge is 0.330 e. The average molecular weight is 217 g/mol. The fourth-order valence-corrected chi connectivity index (χ4v) is 0.915. The van der Waals surface area contributed by atoms with Crippen LogP contribution in [0.4, 0.5) is 0 Å². The quantitative estimate of drug-likeness (QED) is 0.515. The number of carbonyl (C=O) groups excluding carboxylic acids is 1. The molecule has 0 saturated heterocycles. The van der Waals surface area contributed by atoms with E-state index in [9.17, 15) is 4.79 Å². The molecule has 0 aromatic carbocycles. The summed E-state index contributed by atoms with van der Waals surface area (Å²) in [5.41, 5.74) is -0.403. The molecule has 0 aliphatic heterocycles. The maximum absolute atomic E-state index is 11.1. The van der Waals surface area contributed by atoms with E-state index < -0.39 is 17.6 Å². The van der Waals surface area contributed by atoms with E-state index in [1.54, 1.807) is 0 Å². The zero-order chi connectivity index (χ0) is 12.1. The number of ether oxygens (including phenoxy) is 2. The van der Waals surface area contributed by atoms with E-state index in [1.165, 1.54) is 7.11 Å². The summed E-state index contributed by atoms with van der Waals surface area (Å²) in [4.78, 5) is 11.1. The fraction of sp³-hybridized carbons (Fsp3) is 0.700. The van der Waals surface area contributed by atoms with Crippen molar-refractivity contribution in [2.45, 2.75) is 32.4 Å². The summed E-state index contributed by atoms with van der Waals surface area (Å²) < 4.78 is 9.82. The number of aliphatic hydroxyl groups is 1. The van der Waals surface area contributed by atoms with Gasteiger partial charge in [0.05, 0.1) is 13.7 Å². The molecule has 1 unspecified atom stereocenters. The van der Waals surface area contributed by atoms with Crippen molar-refractivity contribution < 1.29 is 19.4 Å². The largest absolute Gasteiger partial charge is 0.474 e. The molecule has 0 heterocycles. The van der Waals surface area contributed by atoms with Crippen LogP contribution < -0.4 is 5.32 Å². The fourth-order valence-electron chi connectivity index (χ4n) is 0.915. The van der Waals surface area contributed by atoms with Crippen molar-refractivity contribution in [1.29, 1.82) is 0 Å². The van der Waals surface area contributed by atoms with Gasteiger partial charge in [-0.25, -0.2) is 4.79 Å². The van der Waals surface area contributed by atoms with Crippen molar-refractivity contribution in [1.82, 2.24) is 5.32 Å². The molecule has 0 aliphatic carbocycles. The molecule has 0 aromatic rings. The molecule has 0 spiro atoms. The number of aliphatic hydroxyl groups excluding tert-OH is 1. The van der Waals surface area contributed by atoms with E-state index in [0.29, 0.717) is 0 Å². The number of hydrogen-bond acceptors (Lipinski definition) is 5. The van der Waals surface area contributed by atoms with Gasteiger partial charge in [0.1, 0.15) is 5.60 Å². The van der Waals surface area contributed by atoms with Crippen LogP contribution >= 0.6 is 0 Å². The molecule has 0 amide bonds. The van der Waals surface area contributed by atoms with Crippen molar-refractivity contribution in [2.24, 2.45) is 0 Å². The molecule has 15 heavy (non-hydrogen) atoms. The number of methoxy groups -OCH3 is 1. The molecule has 0 aliphatic rings. The SMILES string of the molecule is C=C(NC(CO)C(=O)OC)OC(C)(C)C. The van der Waals surface area contributed by atoms with E-state index in [0.717, 1.165) is 0 Å². The zero-order valence-electron chi connectivity index (χ0n) is 9.66. The minimum absolute atomic E-state index is 0.229. The predicted molar refractivity (Wildman–Crippen MR) is 56.0 cm³/mol. The van der Waals surface area contributed by atoms with Gasteiger partial charge in [-0.15, -0.1) is 0 Å². The molecule has 88 valence electrons. The first-order valence-electron chi connectivity index (χ1n) is 4.63. The highest BCUT2D eigenvalue weighted by Crippen LogP contribution is 2.10. The van der Waals surface area contributed by atoms with Crippen LogP contribution in [-0.2, 0) is 14.3 Å². The van der Waals surface area contributed by atoms with Gasteiger partial charge < -0.3 is 19.9 Å². The van der Waals surface area contributed by atoms with Crippen molar-refractivity contribution in [2.75, 3.05) is 13.7 Å². The second-order valence-corrected chi connectivity index (χ2v) is 4.04. The normalized spacial score (nSPS) is 12.9. The van der Waals surface area contributed by atoms with E-state index in [2.05, 4.69) is 16.6 Å². The van der Waals surface area contributed by atoms with E-state index >= 15 is 0 Å². The van der Waals surface area contributed by atoms with Gasteiger partial charge in [-0.05, 0) is 27.4 Å². The molecule has 0 fully saturated rings. The van der Waals surface area contributed by atoms with Gasteiger partial charge in [0.25, 0.3) is 0 Å². The Morgan fingerprint density at radius 3 is 2.40 bits per heavy atom. The summed E-state index contributed by atoms with van der Waals surface area (Å²) in [6, 6.07) is -0.843.